The molecule has 0 N–H and O–H groups in total. The summed E-state index contributed by atoms with van der Waals surface area (Å²) in [6, 6.07) is 11.3. The predicted molar refractivity (Wildman–Crippen MR) is 130 cm³/mol. The summed E-state index contributed by atoms with van der Waals surface area (Å²) in [5.41, 5.74) is -0.357. The number of hydrogen-bond donors (Lipinski definition) is 0. The number of carbonyl (C=O) groups excluding carboxylic acids is 1. The first-order valence-electron chi connectivity index (χ1n) is 11.3. The summed E-state index contributed by atoms with van der Waals surface area (Å²) in [6.07, 6.45) is -4.69. The number of sulfonamides is 1. The van der Waals surface area contributed by atoms with Crippen LogP contribution >= 0.6 is 11.6 Å². The maximum atomic E-state index is 14.8. The second-order valence-corrected chi connectivity index (χ2v) is 10.7. The lowest BCUT2D eigenvalue weighted by molar-refractivity contribution is -0.274. The van der Waals surface area contributed by atoms with Gasteiger partial charge in [0.15, 0.2) is 0 Å². The summed E-state index contributed by atoms with van der Waals surface area (Å²) in [6.45, 7) is 0.127. The van der Waals surface area contributed by atoms with Gasteiger partial charge < -0.3 is 9.64 Å². The van der Waals surface area contributed by atoms with Crippen molar-refractivity contribution in [1.82, 2.24) is 4.90 Å². The third kappa shape index (κ3) is 6.18. The van der Waals surface area contributed by atoms with Crippen LogP contribution in [0.1, 0.15) is 23.2 Å². The molecule has 0 bridgehead atoms. The average molecular weight is 575 g/mol. The Kier molecular flexibility index (Phi) is 7.84. The van der Waals surface area contributed by atoms with E-state index in [1.165, 1.54) is 41.3 Å². The molecule has 0 atom stereocenters. The van der Waals surface area contributed by atoms with Gasteiger partial charge in [0.2, 0.25) is 0 Å². The molecular formula is C25H20ClF5N2O4S. The SMILES string of the molecule is O=C(c1ccc(OC(F)(F)F)cc1)N1CCC(N(c2cc(F)ccc2F)S(=O)(=O)c2ccc(Cl)cc2)CC1. The summed E-state index contributed by atoms with van der Waals surface area (Å²) in [5.74, 6) is -2.73. The van der Waals surface area contributed by atoms with Crippen LogP contribution in [0.2, 0.25) is 5.02 Å². The number of likely N-dealkylation sites (tertiary alicyclic amines) is 1. The van der Waals surface area contributed by atoms with Gasteiger partial charge in [0.1, 0.15) is 17.4 Å². The van der Waals surface area contributed by atoms with Crippen molar-refractivity contribution in [1.29, 1.82) is 0 Å². The lowest BCUT2D eigenvalue weighted by Gasteiger charge is -2.39. The van der Waals surface area contributed by atoms with Crippen LogP contribution in [0, 0.1) is 11.6 Å². The number of alkyl halides is 3. The number of nitrogens with zero attached hydrogens (tertiary/aromatic N) is 2. The molecule has 1 aliphatic heterocycles. The van der Waals surface area contributed by atoms with E-state index in [1.807, 2.05) is 0 Å². The van der Waals surface area contributed by atoms with E-state index < -0.39 is 51.4 Å². The predicted octanol–water partition coefficient (Wildman–Crippen LogP) is 6.02. The second kappa shape index (κ2) is 10.8. The number of carbonyl (C=O) groups is 1. The van der Waals surface area contributed by atoms with Crippen LogP contribution in [0.25, 0.3) is 0 Å². The smallest absolute Gasteiger partial charge is 0.406 e. The molecule has 1 aliphatic rings. The quantitative estimate of drug-likeness (QED) is 0.338. The molecule has 1 amide bonds. The van der Waals surface area contributed by atoms with Gasteiger partial charge in [0.25, 0.3) is 15.9 Å². The number of piperidine rings is 1. The second-order valence-electron chi connectivity index (χ2n) is 8.45. The van der Waals surface area contributed by atoms with Crippen LogP contribution in [-0.4, -0.2) is 44.7 Å². The van der Waals surface area contributed by atoms with Crippen molar-refractivity contribution in [3.63, 3.8) is 0 Å². The van der Waals surface area contributed by atoms with Crippen molar-refractivity contribution >= 4 is 33.2 Å². The molecule has 0 unspecified atom stereocenters. The maximum Gasteiger partial charge on any atom is 0.573 e. The Morgan fingerprint density at radius 1 is 0.947 bits per heavy atom. The Hall–Kier alpha value is -3.38. The van der Waals surface area contributed by atoms with E-state index in [9.17, 15) is 35.2 Å². The molecule has 0 radical (unpaired) electrons. The topological polar surface area (TPSA) is 66.9 Å². The minimum absolute atomic E-state index is 0.0634. The molecule has 4 rings (SSSR count). The monoisotopic (exact) mass is 574 g/mol. The van der Waals surface area contributed by atoms with Crippen LogP contribution in [0.4, 0.5) is 27.6 Å². The minimum atomic E-state index is -4.87. The number of hydrogen-bond acceptors (Lipinski definition) is 4. The molecule has 6 nitrogen and oxygen atoms in total. The summed E-state index contributed by atoms with van der Waals surface area (Å²) in [5, 5.41) is 0.289. The molecule has 0 aromatic heterocycles. The number of halogens is 6. The van der Waals surface area contributed by atoms with E-state index in [4.69, 9.17) is 11.6 Å². The van der Waals surface area contributed by atoms with E-state index in [0.717, 1.165) is 34.6 Å². The highest BCUT2D eigenvalue weighted by Gasteiger charge is 2.37. The normalized spacial score (nSPS) is 14.8. The van der Waals surface area contributed by atoms with Gasteiger partial charge in [-0.1, -0.05) is 11.6 Å². The molecule has 3 aromatic rings. The van der Waals surface area contributed by atoms with Crippen molar-refractivity contribution in [2.24, 2.45) is 0 Å². The van der Waals surface area contributed by atoms with Crippen LogP contribution in [0.5, 0.6) is 5.75 Å². The molecule has 0 saturated carbocycles. The average Bonchev–Trinajstić information content (AvgIpc) is 2.86. The zero-order valence-electron chi connectivity index (χ0n) is 19.5. The molecule has 0 aliphatic carbocycles. The molecule has 0 spiro atoms. The van der Waals surface area contributed by atoms with Crippen molar-refractivity contribution < 1.29 is 39.9 Å². The number of benzene rings is 3. The van der Waals surface area contributed by atoms with Gasteiger partial charge in [-0.25, -0.2) is 17.2 Å². The van der Waals surface area contributed by atoms with Crippen LogP contribution in [0.15, 0.2) is 71.6 Å². The van der Waals surface area contributed by atoms with Gasteiger partial charge in [0, 0.05) is 35.8 Å². The summed E-state index contributed by atoms with van der Waals surface area (Å²) >= 11 is 5.87. The Bertz CT molecular complexity index is 1410. The standard InChI is InChI=1S/C25H20ClF5N2O4S/c26-17-3-8-21(9-4-17)38(35,36)33(23-15-18(27)5-10-22(23)28)19-11-13-32(14-12-19)24(34)16-1-6-20(7-2-16)37-25(29,30)31/h1-10,15,19H,11-14H2. The van der Waals surface area contributed by atoms with E-state index in [-0.39, 0.29) is 41.4 Å². The number of ether oxygens (including phenoxy) is 1. The number of anilines is 1. The van der Waals surface area contributed by atoms with E-state index >= 15 is 0 Å². The lowest BCUT2D eigenvalue weighted by atomic mass is 10.0. The van der Waals surface area contributed by atoms with Crippen LogP contribution < -0.4 is 9.04 Å². The van der Waals surface area contributed by atoms with Crippen LogP contribution in [-0.2, 0) is 10.0 Å². The number of amides is 1. The van der Waals surface area contributed by atoms with Crippen molar-refractivity contribution in [2.45, 2.75) is 30.1 Å². The summed E-state index contributed by atoms with van der Waals surface area (Å²) < 4.78 is 97.8. The van der Waals surface area contributed by atoms with Gasteiger partial charge >= 0.3 is 6.36 Å². The highest BCUT2D eigenvalue weighted by atomic mass is 35.5. The van der Waals surface area contributed by atoms with E-state index in [2.05, 4.69) is 4.74 Å². The molecule has 1 heterocycles. The summed E-state index contributed by atoms with van der Waals surface area (Å²) in [4.78, 5) is 14.1. The zero-order valence-corrected chi connectivity index (χ0v) is 21.0. The highest BCUT2D eigenvalue weighted by molar-refractivity contribution is 7.92. The van der Waals surface area contributed by atoms with Crippen molar-refractivity contribution in [3.05, 3.63) is 89.0 Å². The molecule has 3 aromatic carbocycles. The fourth-order valence-electron chi connectivity index (χ4n) is 4.18. The van der Waals surface area contributed by atoms with Gasteiger partial charge in [-0.05, 0) is 73.5 Å². The maximum absolute atomic E-state index is 14.8. The largest absolute Gasteiger partial charge is 0.573 e. The van der Waals surface area contributed by atoms with Crippen molar-refractivity contribution in [3.8, 4) is 5.75 Å². The van der Waals surface area contributed by atoms with E-state index in [0.29, 0.717) is 0 Å². The first kappa shape index (κ1) is 27.6. The fraction of sp³-hybridized carbons (Fsp3) is 0.240. The van der Waals surface area contributed by atoms with Crippen LogP contribution in [0.3, 0.4) is 0 Å². The Morgan fingerprint density at radius 3 is 2.13 bits per heavy atom. The Balaban J connectivity index is 1.56. The molecular weight excluding hydrogens is 555 g/mol. The fourth-order valence-corrected chi connectivity index (χ4v) is 6.02. The first-order chi connectivity index (χ1) is 17.8. The van der Waals surface area contributed by atoms with Gasteiger partial charge in [-0.15, -0.1) is 13.2 Å². The highest BCUT2D eigenvalue weighted by Crippen LogP contribution is 2.33. The van der Waals surface area contributed by atoms with Crippen molar-refractivity contribution in [2.75, 3.05) is 17.4 Å². The third-order valence-electron chi connectivity index (χ3n) is 5.93. The van der Waals surface area contributed by atoms with Gasteiger partial charge in [-0.2, -0.15) is 0 Å². The number of rotatable bonds is 6. The minimum Gasteiger partial charge on any atom is -0.406 e. The van der Waals surface area contributed by atoms with E-state index in [1.54, 1.807) is 0 Å². The van der Waals surface area contributed by atoms with Gasteiger partial charge in [0.05, 0.1) is 10.6 Å². The summed E-state index contributed by atoms with van der Waals surface area (Å²) in [7, 11) is -4.36. The molecule has 38 heavy (non-hydrogen) atoms. The molecule has 1 saturated heterocycles. The molecule has 13 heteroatoms. The Labute approximate surface area is 220 Å². The zero-order chi connectivity index (χ0) is 27.7. The lowest BCUT2D eigenvalue weighted by Crippen LogP contribution is -2.49. The molecule has 1 fully saturated rings. The third-order valence-corrected chi connectivity index (χ3v) is 8.07. The Morgan fingerprint density at radius 2 is 1.55 bits per heavy atom. The molecule has 202 valence electrons. The van der Waals surface area contributed by atoms with Gasteiger partial charge in [-0.3, -0.25) is 9.10 Å². The first-order valence-corrected chi connectivity index (χ1v) is 13.1.